The summed E-state index contributed by atoms with van der Waals surface area (Å²) in [6, 6.07) is 0. The van der Waals surface area contributed by atoms with Crippen molar-refractivity contribution >= 4 is 0 Å². The zero-order valence-electron chi connectivity index (χ0n) is 20.2. The van der Waals surface area contributed by atoms with Gasteiger partial charge in [0.1, 0.15) is 0 Å². The van der Waals surface area contributed by atoms with Gasteiger partial charge in [0, 0.05) is 5.92 Å². The van der Waals surface area contributed by atoms with Gasteiger partial charge in [0.15, 0.2) is 0 Å². The molecule has 4 rings (SSSR count). The fourth-order valence-corrected chi connectivity index (χ4v) is 9.08. The van der Waals surface area contributed by atoms with Crippen LogP contribution in [0.5, 0.6) is 0 Å². The van der Waals surface area contributed by atoms with Crippen molar-refractivity contribution in [2.45, 2.75) is 112 Å². The molecule has 4 aliphatic carbocycles. The minimum absolute atomic E-state index is 0.109. The summed E-state index contributed by atoms with van der Waals surface area (Å²) in [5, 5.41) is 10.5. The van der Waals surface area contributed by atoms with Crippen LogP contribution >= 0.6 is 0 Å². The van der Waals surface area contributed by atoms with Gasteiger partial charge in [0.2, 0.25) is 0 Å². The zero-order valence-corrected chi connectivity index (χ0v) is 20.2. The van der Waals surface area contributed by atoms with E-state index in [2.05, 4.69) is 47.6 Å². The predicted octanol–water partition coefficient (Wildman–Crippen LogP) is 7.63. The molecule has 0 unspecified atom stereocenters. The van der Waals surface area contributed by atoms with Crippen LogP contribution in [0, 0.1) is 52.3 Å². The molecule has 0 saturated heterocycles. The molecule has 0 aromatic heterocycles. The van der Waals surface area contributed by atoms with E-state index in [-0.39, 0.29) is 6.10 Å². The summed E-state index contributed by atoms with van der Waals surface area (Å²) < 4.78 is 0. The van der Waals surface area contributed by atoms with E-state index < -0.39 is 0 Å². The molecule has 0 amide bonds. The Morgan fingerprint density at radius 1 is 1.00 bits per heavy atom. The topological polar surface area (TPSA) is 20.2 Å². The Hall–Kier alpha value is -0.300. The third-order valence-electron chi connectivity index (χ3n) is 10.8. The van der Waals surface area contributed by atoms with Crippen molar-refractivity contribution in [3.63, 3.8) is 0 Å². The molecular formula is C28H48O. The van der Waals surface area contributed by atoms with E-state index in [0.717, 1.165) is 41.9 Å². The van der Waals surface area contributed by atoms with Crippen molar-refractivity contribution in [1.82, 2.24) is 0 Å². The third-order valence-corrected chi connectivity index (χ3v) is 10.8. The molecule has 0 radical (unpaired) electrons. The summed E-state index contributed by atoms with van der Waals surface area (Å²) >= 11 is 0. The normalized spacial score (nSPS) is 47.9. The molecule has 3 saturated carbocycles. The number of aliphatic hydroxyl groups excluding tert-OH is 1. The van der Waals surface area contributed by atoms with E-state index in [0.29, 0.717) is 16.7 Å². The smallest absolute Gasteiger partial charge is 0.0603 e. The maximum atomic E-state index is 10.5. The van der Waals surface area contributed by atoms with Crippen molar-refractivity contribution in [2.75, 3.05) is 0 Å². The Labute approximate surface area is 181 Å². The first-order valence-electron chi connectivity index (χ1n) is 13.1. The Balaban J connectivity index is 1.51. The fraction of sp³-hybridized carbons (Fsp3) is 0.929. The first kappa shape index (κ1) is 21.9. The summed E-state index contributed by atoms with van der Waals surface area (Å²) in [7, 11) is 0. The molecule has 1 N–H and O–H groups in total. The van der Waals surface area contributed by atoms with E-state index in [4.69, 9.17) is 0 Å². The van der Waals surface area contributed by atoms with Crippen molar-refractivity contribution in [2.24, 2.45) is 52.3 Å². The lowest BCUT2D eigenvalue weighted by atomic mass is 9.46. The van der Waals surface area contributed by atoms with Crippen LogP contribution < -0.4 is 0 Å². The molecule has 29 heavy (non-hydrogen) atoms. The largest absolute Gasteiger partial charge is 0.393 e. The average Bonchev–Trinajstić information content (AvgIpc) is 3.02. The van der Waals surface area contributed by atoms with Gasteiger partial charge in [0.05, 0.1) is 6.10 Å². The van der Waals surface area contributed by atoms with E-state index in [1.807, 2.05) is 0 Å². The lowest BCUT2D eigenvalue weighted by Gasteiger charge is -2.59. The van der Waals surface area contributed by atoms with Gasteiger partial charge in [-0.2, -0.15) is 0 Å². The molecule has 1 nitrogen and oxygen atoms in total. The first-order valence-corrected chi connectivity index (χ1v) is 13.1. The third kappa shape index (κ3) is 3.56. The van der Waals surface area contributed by atoms with Gasteiger partial charge in [0.25, 0.3) is 0 Å². The monoisotopic (exact) mass is 400 g/mol. The average molecular weight is 401 g/mol. The SMILES string of the molecule is CC(C)CCC[C@@H](C)[C@H]1CC[C@@H]2[C@@H]3CC=C4[C@H](C)[C@@H](O)CC[C@]4(C)[C@@H]3CC[C@@]21C. The minimum Gasteiger partial charge on any atom is -0.393 e. The number of hydrogen-bond donors (Lipinski definition) is 1. The highest BCUT2D eigenvalue weighted by Crippen LogP contribution is 2.67. The highest BCUT2D eigenvalue weighted by molar-refractivity contribution is 5.27. The number of aliphatic hydroxyl groups is 1. The molecule has 3 fully saturated rings. The second-order valence-corrected chi connectivity index (χ2v) is 12.6. The lowest BCUT2D eigenvalue weighted by Crippen LogP contribution is -2.52. The molecule has 0 heterocycles. The number of allylic oxidation sites excluding steroid dienone is 1. The van der Waals surface area contributed by atoms with E-state index in [1.54, 1.807) is 5.57 Å². The van der Waals surface area contributed by atoms with Crippen LogP contribution in [0.25, 0.3) is 0 Å². The summed E-state index contributed by atoms with van der Waals surface area (Å²) in [6.45, 7) is 14.9. The maximum Gasteiger partial charge on any atom is 0.0603 e. The Kier molecular flexibility index (Phi) is 6.04. The fourth-order valence-electron chi connectivity index (χ4n) is 9.08. The highest BCUT2D eigenvalue weighted by atomic mass is 16.3. The van der Waals surface area contributed by atoms with E-state index >= 15 is 0 Å². The van der Waals surface area contributed by atoms with E-state index in [9.17, 15) is 5.11 Å². The quantitative estimate of drug-likeness (QED) is 0.470. The van der Waals surface area contributed by atoms with Crippen LogP contribution in [0.4, 0.5) is 0 Å². The molecule has 166 valence electrons. The van der Waals surface area contributed by atoms with Gasteiger partial charge in [-0.3, -0.25) is 0 Å². The van der Waals surface area contributed by atoms with Crippen molar-refractivity contribution in [1.29, 1.82) is 0 Å². The molecule has 0 aromatic rings. The Morgan fingerprint density at radius 3 is 2.48 bits per heavy atom. The van der Waals surface area contributed by atoms with Crippen molar-refractivity contribution < 1.29 is 5.11 Å². The van der Waals surface area contributed by atoms with Crippen LogP contribution in [0.15, 0.2) is 11.6 Å². The van der Waals surface area contributed by atoms with E-state index in [1.165, 1.54) is 57.8 Å². The van der Waals surface area contributed by atoms with Gasteiger partial charge in [-0.15, -0.1) is 0 Å². The molecule has 9 atom stereocenters. The molecule has 1 heteroatoms. The van der Waals surface area contributed by atoms with Gasteiger partial charge in [-0.25, -0.2) is 0 Å². The number of fused-ring (bicyclic) bond motifs is 5. The summed E-state index contributed by atoms with van der Waals surface area (Å²) in [5.41, 5.74) is 2.57. The highest BCUT2D eigenvalue weighted by Gasteiger charge is 2.59. The molecule has 0 aliphatic heterocycles. The van der Waals surface area contributed by atoms with Gasteiger partial charge >= 0.3 is 0 Å². The molecule has 0 spiro atoms. The standard InChI is InChI=1S/C28H48O/c1-18(2)8-7-9-19(3)22-12-13-24-21-10-11-23-20(4)26(29)15-17-28(23,6)25(21)14-16-27(22,24)5/h11,18-22,24-26,29H,7-10,12-17H2,1-6H3/t19-,20+,21+,22-,24-,25-,26+,27-,28+/m1/s1. The lowest BCUT2D eigenvalue weighted by molar-refractivity contribution is -0.0644. The van der Waals surface area contributed by atoms with Crippen LogP contribution in [-0.2, 0) is 0 Å². The Bertz CT molecular complexity index is 620. The second kappa shape index (κ2) is 7.99. The first-order chi connectivity index (χ1) is 13.7. The zero-order chi connectivity index (χ0) is 21.0. The van der Waals surface area contributed by atoms with Gasteiger partial charge in [-0.1, -0.05) is 72.5 Å². The minimum atomic E-state index is -0.109. The molecular weight excluding hydrogens is 352 g/mol. The molecule has 4 aliphatic rings. The van der Waals surface area contributed by atoms with Crippen LogP contribution in [-0.4, -0.2) is 11.2 Å². The summed E-state index contributed by atoms with van der Waals surface area (Å²) in [4.78, 5) is 0. The molecule has 0 aromatic carbocycles. The van der Waals surface area contributed by atoms with Gasteiger partial charge < -0.3 is 5.11 Å². The number of rotatable bonds is 5. The van der Waals surface area contributed by atoms with Crippen LogP contribution in [0.2, 0.25) is 0 Å². The van der Waals surface area contributed by atoms with Crippen molar-refractivity contribution in [3.05, 3.63) is 11.6 Å². The molecule has 0 bridgehead atoms. The Morgan fingerprint density at radius 2 is 1.76 bits per heavy atom. The second-order valence-electron chi connectivity index (χ2n) is 12.6. The van der Waals surface area contributed by atoms with Gasteiger partial charge in [-0.05, 0) is 91.3 Å². The summed E-state index contributed by atoms with van der Waals surface area (Å²) in [6.07, 6.45) is 16.1. The van der Waals surface area contributed by atoms with Crippen LogP contribution in [0.1, 0.15) is 106 Å². The maximum absolute atomic E-state index is 10.5. The van der Waals surface area contributed by atoms with Crippen molar-refractivity contribution in [3.8, 4) is 0 Å². The predicted molar refractivity (Wildman–Crippen MR) is 124 cm³/mol. The van der Waals surface area contributed by atoms with Crippen LogP contribution in [0.3, 0.4) is 0 Å². The summed E-state index contributed by atoms with van der Waals surface area (Å²) in [5.74, 6) is 5.78. The number of hydrogen-bond acceptors (Lipinski definition) is 1.